The van der Waals surface area contributed by atoms with E-state index in [0.29, 0.717) is 11.3 Å². The summed E-state index contributed by atoms with van der Waals surface area (Å²) in [5.74, 6) is -0.196. The summed E-state index contributed by atoms with van der Waals surface area (Å²) in [6.07, 6.45) is 2.98. The standard InChI is InChI=1S/C13H20N2O3S/c1-4-6-10(2)14-13(16)11-7-5-8-12(9-11)15-19(3,17)18/h5,7-10,15H,4,6H2,1-3H3,(H,14,16)/t10-/m0/s1. The largest absolute Gasteiger partial charge is 0.350 e. The zero-order valence-corrected chi connectivity index (χ0v) is 12.3. The van der Waals surface area contributed by atoms with Crippen molar-refractivity contribution in [3.63, 3.8) is 0 Å². The Morgan fingerprint density at radius 2 is 2.05 bits per heavy atom. The molecule has 1 aromatic rings. The molecule has 0 radical (unpaired) electrons. The summed E-state index contributed by atoms with van der Waals surface area (Å²) in [4.78, 5) is 12.0. The molecular formula is C13H20N2O3S. The van der Waals surface area contributed by atoms with E-state index in [-0.39, 0.29) is 11.9 Å². The molecule has 1 aromatic carbocycles. The zero-order valence-electron chi connectivity index (χ0n) is 11.4. The molecule has 0 heterocycles. The number of amides is 1. The minimum Gasteiger partial charge on any atom is -0.350 e. The number of carbonyl (C=O) groups excluding carboxylic acids is 1. The van der Waals surface area contributed by atoms with Crippen LogP contribution in [0.2, 0.25) is 0 Å². The fraction of sp³-hybridized carbons (Fsp3) is 0.462. The van der Waals surface area contributed by atoms with Crippen LogP contribution in [0.15, 0.2) is 24.3 Å². The molecule has 2 N–H and O–H groups in total. The number of nitrogens with one attached hydrogen (secondary N) is 2. The highest BCUT2D eigenvalue weighted by atomic mass is 32.2. The van der Waals surface area contributed by atoms with E-state index in [1.165, 1.54) is 6.07 Å². The van der Waals surface area contributed by atoms with Crippen LogP contribution in [0.25, 0.3) is 0 Å². The predicted octanol–water partition coefficient (Wildman–Crippen LogP) is 1.98. The molecule has 0 aliphatic heterocycles. The van der Waals surface area contributed by atoms with Crippen molar-refractivity contribution >= 4 is 21.6 Å². The maximum absolute atomic E-state index is 12.0. The molecule has 1 rings (SSSR count). The second-order valence-electron chi connectivity index (χ2n) is 4.62. The van der Waals surface area contributed by atoms with Crippen LogP contribution in [0.4, 0.5) is 5.69 Å². The molecule has 0 saturated carbocycles. The van der Waals surface area contributed by atoms with Gasteiger partial charge in [0.15, 0.2) is 0 Å². The van der Waals surface area contributed by atoms with E-state index in [4.69, 9.17) is 0 Å². The van der Waals surface area contributed by atoms with Crippen LogP contribution in [0.1, 0.15) is 37.0 Å². The Labute approximate surface area is 114 Å². The first-order valence-electron chi connectivity index (χ1n) is 6.20. The number of benzene rings is 1. The van der Waals surface area contributed by atoms with E-state index in [1.54, 1.807) is 18.2 Å². The minimum absolute atomic E-state index is 0.101. The minimum atomic E-state index is -3.33. The van der Waals surface area contributed by atoms with Crippen molar-refractivity contribution in [3.8, 4) is 0 Å². The van der Waals surface area contributed by atoms with E-state index < -0.39 is 10.0 Å². The summed E-state index contributed by atoms with van der Waals surface area (Å²) in [6, 6.07) is 6.53. The van der Waals surface area contributed by atoms with Gasteiger partial charge in [0.1, 0.15) is 0 Å². The molecule has 0 bridgehead atoms. The lowest BCUT2D eigenvalue weighted by atomic mass is 10.1. The first-order valence-corrected chi connectivity index (χ1v) is 8.09. The van der Waals surface area contributed by atoms with Gasteiger partial charge in [0.2, 0.25) is 10.0 Å². The van der Waals surface area contributed by atoms with Crippen LogP contribution < -0.4 is 10.0 Å². The highest BCUT2D eigenvalue weighted by molar-refractivity contribution is 7.92. The molecule has 0 spiro atoms. The quantitative estimate of drug-likeness (QED) is 0.838. The molecule has 1 amide bonds. The maximum atomic E-state index is 12.0. The molecule has 19 heavy (non-hydrogen) atoms. The smallest absolute Gasteiger partial charge is 0.251 e. The van der Waals surface area contributed by atoms with Crippen LogP contribution >= 0.6 is 0 Å². The van der Waals surface area contributed by atoms with Crippen LogP contribution in [-0.4, -0.2) is 26.6 Å². The topological polar surface area (TPSA) is 75.3 Å². The molecule has 0 fully saturated rings. The zero-order chi connectivity index (χ0) is 14.5. The van der Waals surface area contributed by atoms with Crippen molar-refractivity contribution in [2.45, 2.75) is 32.7 Å². The van der Waals surface area contributed by atoms with Gasteiger partial charge >= 0.3 is 0 Å². The second-order valence-corrected chi connectivity index (χ2v) is 6.37. The number of sulfonamides is 1. The van der Waals surface area contributed by atoms with Crippen molar-refractivity contribution < 1.29 is 13.2 Å². The fourth-order valence-electron chi connectivity index (χ4n) is 1.75. The van der Waals surface area contributed by atoms with Gasteiger partial charge in [-0.2, -0.15) is 0 Å². The first-order chi connectivity index (χ1) is 8.81. The van der Waals surface area contributed by atoms with E-state index in [0.717, 1.165) is 19.1 Å². The lowest BCUT2D eigenvalue weighted by Gasteiger charge is -2.13. The van der Waals surface area contributed by atoms with Gasteiger partial charge in [-0.25, -0.2) is 8.42 Å². The van der Waals surface area contributed by atoms with Gasteiger partial charge < -0.3 is 5.32 Å². The number of hydrogen-bond donors (Lipinski definition) is 2. The average molecular weight is 284 g/mol. The molecule has 0 saturated heterocycles. The van der Waals surface area contributed by atoms with Gasteiger partial charge in [0, 0.05) is 17.3 Å². The number of rotatable bonds is 6. The molecule has 5 nitrogen and oxygen atoms in total. The summed E-state index contributed by atoms with van der Waals surface area (Å²) < 4.78 is 24.6. The van der Waals surface area contributed by atoms with Crippen LogP contribution in [-0.2, 0) is 10.0 Å². The third-order valence-corrected chi connectivity index (χ3v) is 3.13. The predicted molar refractivity (Wildman–Crippen MR) is 76.7 cm³/mol. The van der Waals surface area contributed by atoms with Gasteiger partial charge in [0.05, 0.1) is 6.26 Å². The first kappa shape index (κ1) is 15.5. The summed E-state index contributed by atoms with van der Waals surface area (Å²) in [5, 5.41) is 2.87. The normalized spacial score (nSPS) is 12.8. The highest BCUT2D eigenvalue weighted by Crippen LogP contribution is 2.12. The van der Waals surface area contributed by atoms with Crippen LogP contribution in [0.3, 0.4) is 0 Å². The Bertz CT molecular complexity index is 541. The number of hydrogen-bond acceptors (Lipinski definition) is 3. The Morgan fingerprint density at radius 3 is 2.63 bits per heavy atom. The van der Waals surface area contributed by atoms with Crippen molar-refractivity contribution in [3.05, 3.63) is 29.8 Å². The lowest BCUT2D eigenvalue weighted by molar-refractivity contribution is 0.0938. The van der Waals surface area contributed by atoms with Gasteiger partial charge in [-0.15, -0.1) is 0 Å². The van der Waals surface area contributed by atoms with Crippen molar-refractivity contribution in [1.29, 1.82) is 0 Å². The molecular weight excluding hydrogens is 264 g/mol. The Kier molecular flexibility index (Phi) is 5.35. The molecule has 0 aliphatic rings. The monoisotopic (exact) mass is 284 g/mol. The maximum Gasteiger partial charge on any atom is 0.251 e. The number of anilines is 1. The van der Waals surface area contributed by atoms with E-state index in [2.05, 4.69) is 17.0 Å². The molecule has 0 unspecified atom stereocenters. The van der Waals surface area contributed by atoms with Crippen molar-refractivity contribution in [2.75, 3.05) is 11.0 Å². The Balaban J connectivity index is 2.78. The Hall–Kier alpha value is -1.56. The Morgan fingerprint density at radius 1 is 1.37 bits per heavy atom. The van der Waals surface area contributed by atoms with Crippen LogP contribution in [0.5, 0.6) is 0 Å². The third-order valence-electron chi connectivity index (χ3n) is 2.53. The molecule has 106 valence electrons. The summed E-state index contributed by atoms with van der Waals surface area (Å²) >= 11 is 0. The van der Waals surface area contributed by atoms with E-state index in [9.17, 15) is 13.2 Å². The molecule has 0 aromatic heterocycles. The number of carbonyl (C=O) groups is 1. The summed E-state index contributed by atoms with van der Waals surface area (Å²) in [5.41, 5.74) is 0.829. The fourth-order valence-corrected chi connectivity index (χ4v) is 2.31. The lowest BCUT2D eigenvalue weighted by Crippen LogP contribution is -2.32. The van der Waals surface area contributed by atoms with Crippen molar-refractivity contribution in [2.24, 2.45) is 0 Å². The second kappa shape index (κ2) is 6.56. The van der Waals surface area contributed by atoms with E-state index >= 15 is 0 Å². The van der Waals surface area contributed by atoms with Crippen molar-refractivity contribution in [1.82, 2.24) is 5.32 Å². The van der Waals surface area contributed by atoms with Gasteiger partial charge in [-0.05, 0) is 31.5 Å². The van der Waals surface area contributed by atoms with Gasteiger partial charge in [-0.3, -0.25) is 9.52 Å². The van der Waals surface area contributed by atoms with Gasteiger partial charge in [0.25, 0.3) is 5.91 Å². The van der Waals surface area contributed by atoms with E-state index in [1.807, 2.05) is 6.92 Å². The molecule has 0 aliphatic carbocycles. The van der Waals surface area contributed by atoms with Crippen LogP contribution in [0, 0.1) is 0 Å². The molecule has 1 atom stereocenters. The third kappa shape index (κ3) is 5.74. The van der Waals surface area contributed by atoms with Gasteiger partial charge in [-0.1, -0.05) is 19.4 Å². The summed E-state index contributed by atoms with van der Waals surface area (Å²) in [6.45, 7) is 4.00. The SMILES string of the molecule is CCC[C@H](C)NC(=O)c1cccc(NS(C)(=O)=O)c1. The average Bonchev–Trinajstić information content (AvgIpc) is 2.27. The highest BCUT2D eigenvalue weighted by Gasteiger charge is 2.10. The summed E-state index contributed by atoms with van der Waals surface area (Å²) in [7, 11) is -3.33. The molecule has 6 heteroatoms.